The predicted octanol–water partition coefficient (Wildman–Crippen LogP) is 0.239. The molecule has 0 saturated heterocycles. The molecule has 0 radical (unpaired) electrons. The van der Waals surface area contributed by atoms with Crippen molar-refractivity contribution in [3.05, 3.63) is 12.2 Å². The molecule has 0 aliphatic heterocycles. The van der Waals surface area contributed by atoms with Gasteiger partial charge in [0, 0.05) is 6.04 Å². The van der Waals surface area contributed by atoms with E-state index >= 15 is 0 Å². The van der Waals surface area contributed by atoms with Crippen LogP contribution >= 0.6 is 0 Å². The van der Waals surface area contributed by atoms with Gasteiger partial charge in [-0.1, -0.05) is 12.2 Å². The van der Waals surface area contributed by atoms with Gasteiger partial charge in [0.1, 0.15) is 0 Å². The van der Waals surface area contributed by atoms with Gasteiger partial charge in [0.15, 0.2) is 0 Å². The Hall–Kier alpha value is -0.340. The standard InChI is InChI=1S/C7H14N2/c8-5-6-3-1-2-4-7(6)9/h1-2,6-7H,3-5,8-9H2/t6-,7+/m0/s1. The maximum Gasteiger partial charge on any atom is 0.0117 e. The van der Waals surface area contributed by atoms with Crippen molar-refractivity contribution < 1.29 is 0 Å². The number of hydrogen-bond acceptors (Lipinski definition) is 2. The average molecular weight is 126 g/mol. The summed E-state index contributed by atoms with van der Waals surface area (Å²) >= 11 is 0. The highest BCUT2D eigenvalue weighted by atomic mass is 14.7. The largest absolute Gasteiger partial charge is 0.330 e. The van der Waals surface area contributed by atoms with E-state index in [0.717, 1.165) is 19.4 Å². The highest BCUT2D eigenvalue weighted by Gasteiger charge is 2.15. The van der Waals surface area contributed by atoms with Crippen LogP contribution < -0.4 is 11.5 Å². The second-order valence-electron chi connectivity index (χ2n) is 2.60. The lowest BCUT2D eigenvalue weighted by Gasteiger charge is -2.22. The summed E-state index contributed by atoms with van der Waals surface area (Å²) in [6, 6.07) is 0.306. The summed E-state index contributed by atoms with van der Waals surface area (Å²) < 4.78 is 0. The fourth-order valence-corrected chi connectivity index (χ4v) is 1.16. The zero-order chi connectivity index (χ0) is 6.69. The molecule has 0 bridgehead atoms. The van der Waals surface area contributed by atoms with Crippen molar-refractivity contribution in [3.8, 4) is 0 Å². The molecule has 0 saturated carbocycles. The zero-order valence-electron chi connectivity index (χ0n) is 5.59. The van der Waals surface area contributed by atoms with Crippen LogP contribution in [-0.2, 0) is 0 Å². The number of rotatable bonds is 1. The fraction of sp³-hybridized carbons (Fsp3) is 0.714. The van der Waals surface area contributed by atoms with E-state index in [1.54, 1.807) is 0 Å². The minimum atomic E-state index is 0.306. The van der Waals surface area contributed by atoms with Crippen LogP contribution in [0.2, 0.25) is 0 Å². The van der Waals surface area contributed by atoms with Gasteiger partial charge in [0.05, 0.1) is 0 Å². The van der Waals surface area contributed by atoms with Gasteiger partial charge >= 0.3 is 0 Å². The van der Waals surface area contributed by atoms with Crippen molar-refractivity contribution in [1.29, 1.82) is 0 Å². The number of allylic oxidation sites excluding steroid dienone is 1. The molecule has 0 aromatic carbocycles. The van der Waals surface area contributed by atoms with Crippen LogP contribution in [0.4, 0.5) is 0 Å². The third-order valence-electron chi connectivity index (χ3n) is 1.92. The fourth-order valence-electron chi connectivity index (χ4n) is 1.16. The Morgan fingerprint density at radius 1 is 1.33 bits per heavy atom. The van der Waals surface area contributed by atoms with E-state index in [1.165, 1.54) is 0 Å². The maximum atomic E-state index is 5.76. The van der Waals surface area contributed by atoms with E-state index in [0.29, 0.717) is 12.0 Å². The van der Waals surface area contributed by atoms with Crippen molar-refractivity contribution in [2.45, 2.75) is 18.9 Å². The van der Waals surface area contributed by atoms with Gasteiger partial charge < -0.3 is 11.5 Å². The average Bonchev–Trinajstić information content (AvgIpc) is 1.89. The highest BCUT2D eigenvalue weighted by Crippen LogP contribution is 2.15. The maximum absolute atomic E-state index is 5.76. The lowest BCUT2D eigenvalue weighted by atomic mass is 9.90. The Bertz CT molecular complexity index is 109. The Morgan fingerprint density at radius 2 is 2.00 bits per heavy atom. The number of hydrogen-bond donors (Lipinski definition) is 2. The number of nitrogens with two attached hydrogens (primary N) is 2. The second-order valence-corrected chi connectivity index (χ2v) is 2.60. The summed E-state index contributed by atoms with van der Waals surface area (Å²) in [5.74, 6) is 0.523. The first kappa shape index (κ1) is 6.78. The zero-order valence-corrected chi connectivity index (χ0v) is 5.59. The summed E-state index contributed by atoms with van der Waals surface area (Å²) in [5.41, 5.74) is 11.2. The highest BCUT2D eigenvalue weighted by molar-refractivity contribution is 4.96. The van der Waals surface area contributed by atoms with Gasteiger partial charge in [-0.15, -0.1) is 0 Å². The predicted molar refractivity (Wildman–Crippen MR) is 38.9 cm³/mol. The van der Waals surface area contributed by atoms with Crippen LogP contribution in [0.15, 0.2) is 12.2 Å². The molecule has 0 spiro atoms. The lowest BCUT2D eigenvalue weighted by Crippen LogP contribution is -2.35. The van der Waals surface area contributed by atoms with E-state index in [1.807, 2.05) is 0 Å². The lowest BCUT2D eigenvalue weighted by molar-refractivity contribution is 0.420. The van der Waals surface area contributed by atoms with Crippen molar-refractivity contribution in [1.82, 2.24) is 0 Å². The van der Waals surface area contributed by atoms with Gasteiger partial charge in [0.25, 0.3) is 0 Å². The summed E-state index contributed by atoms with van der Waals surface area (Å²) in [6.07, 6.45) is 6.37. The normalized spacial score (nSPS) is 34.9. The molecule has 9 heavy (non-hydrogen) atoms. The molecule has 1 aliphatic rings. The summed E-state index contributed by atoms with van der Waals surface area (Å²) in [4.78, 5) is 0. The molecule has 1 aliphatic carbocycles. The molecule has 2 atom stereocenters. The Balaban J connectivity index is 2.43. The molecule has 2 heteroatoms. The summed E-state index contributed by atoms with van der Waals surface area (Å²) in [6.45, 7) is 0.728. The minimum Gasteiger partial charge on any atom is -0.330 e. The second kappa shape index (κ2) is 2.99. The molecule has 0 fully saturated rings. The molecule has 0 unspecified atom stereocenters. The van der Waals surface area contributed by atoms with Crippen LogP contribution in [0.3, 0.4) is 0 Å². The molecule has 0 aromatic rings. The molecule has 1 rings (SSSR count). The van der Waals surface area contributed by atoms with Gasteiger partial charge in [-0.05, 0) is 25.3 Å². The van der Waals surface area contributed by atoms with Crippen LogP contribution in [0.25, 0.3) is 0 Å². The monoisotopic (exact) mass is 126 g/mol. The first-order valence-electron chi connectivity index (χ1n) is 3.45. The van der Waals surface area contributed by atoms with Crippen molar-refractivity contribution >= 4 is 0 Å². The van der Waals surface area contributed by atoms with Gasteiger partial charge in [-0.3, -0.25) is 0 Å². The van der Waals surface area contributed by atoms with Crippen molar-refractivity contribution in [3.63, 3.8) is 0 Å². The van der Waals surface area contributed by atoms with Crippen molar-refractivity contribution in [2.75, 3.05) is 6.54 Å². The van der Waals surface area contributed by atoms with E-state index in [-0.39, 0.29) is 0 Å². The van der Waals surface area contributed by atoms with Crippen molar-refractivity contribution in [2.24, 2.45) is 17.4 Å². The van der Waals surface area contributed by atoms with E-state index < -0.39 is 0 Å². The van der Waals surface area contributed by atoms with Crippen LogP contribution in [0.1, 0.15) is 12.8 Å². The smallest absolute Gasteiger partial charge is 0.0117 e. The topological polar surface area (TPSA) is 52.0 Å². The Kier molecular flexibility index (Phi) is 2.25. The van der Waals surface area contributed by atoms with Gasteiger partial charge in [0.2, 0.25) is 0 Å². The van der Waals surface area contributed by atoms with E-state index in [9.17, 15) is 0 Å². The molecular weight excluding hydrogens is 112 g/mol. The molecular formula is C7H14N2. The first-order valence-corrected chi connectivity index (χ1v) is 3.45. The van der Waals surface area contributed by atoms with E-state index in [4.69, 9.17) is 11.5 Å². The van der Waals surface area contributed by atoms with Gasteiger partial charge in [-0.25, -0.2) is 0 Å². The van der Waals surface area contributed by atoms with Crippen LogP contribution in [-0.4, -0.2) is 12.6 Å². The minimum absolute atomic E-state index is 0.306. The third kappa shape index (κ3) is 1.53. The van der Waals surface area contributed by atoms with Crippen LogP contribution in [0, 0.1) is 5.92 Å². The molecule has 2 nitrogen and oxygen atoms in total. The summed E-state index contributed by atoms with van der Waals surface area (Å²) in [7, 11) is 0. The van der Waals surface area contributed by atoms with Gasteiger partial charge in [-0.2, -0.15) is 0 Å². The Labute approximate surface area is 55.9 Å². The quantitative estimate of drug-likeness (QED) is 0.494. The Morgan fingerprint density at radius 3 is 2.44 bits per heavy atom. The SMILES string of the molecule is NC[C@@H]1CC=CC[C@H]1N. The third-order valence-corrected chi connectivity index (χ3v) is 1.92. The molecule has 0 heterocycles. The first-order chi connectivity index (χ1) is 4.34. The molecule has 4 N–H and O–H groups in total. The molecule has 0 aromatic heterocycles. The van der Waals surface area contributed by atoms with Crippen LogP contribution in [0.5, 0.6) is 0 Å². The molecule has 0 amide bonds. The summed E-state index contributed by atoms with van der Waals surface area (Å²) in [5, 5.41) is 0. The van der Waals surface area contributed by atoms with E-state index in [2.05, 4.69) is 12.2 Å². The molecule has 52 valence electrons.